The van der Waals surface area contributed by atoms with Crippen LogP contribution >= 0.6 is 0 Å². The topological polar surface area (TPSA) is 69.6 Å². The molecule has 0 unspecified atom stereocenters. The molecule has 8 heteroatoms. The maximum atomic E-state index is 13.0. The highest BCUT2D eigenvalue weighted by Crippen LogP contribution is 2.38. The zero-order valence-corrected chi connectivity index (χ0v) is 16.4. The molecule has 2 saturated carbocycles. The van der Waals surface area contributed by atoms with E-state index in [2.05, 4.69) is 9.88 Å². The number of hydrogen-bond acceptors (Lipinski definition) is 5. The average Bonchev–Trinajstić information content (AvgIpc) is 3.54. The lowest BCUT2D eigenvalue weighted by atomic mass is 9.96. The van der Waals surface area contributed by atoms with Gasteiger partial charge in [-0.2, -0.15) is 17.0 Å². The van der Waals surface area contributed by atoms with Crippen molar-refractivity contribution in [1.82, 2.24) is 18.6 Å². The molecular formula is C18H29N5O2S. The van der Waals surface area contributed by atoms with Gasteiger partial charge in [0.2, 0.25) is 0 Å². The highest BCUT2D eigenvalue weighted by atomic mass is 32.2. The summed E-state index contributed by atoms with van der Waals surface area (Å²) in [6.45, 7) is 2.39. The molecule has 0 aromatic carbocycles. The lowest BCUT2D eigenvalue weighted by molar-refractivity contribution is 0.259. The van der Waals surface area contributed by atoms with Crippen molar-refractivity contribution in [2.45, 2.75) is 56.9 Å². The molecule has 1 aliphatic heterocycles. The minimum Gasteiger partial charge on any atom is -0.354 e. The minimum absolute atomic E-state index is 0.162. The summed E-state index contributed by atoms with van der Waals surface area (Å²) in [5.74, 6) is 2.40. The number of rotatable bonds is 5. The van der Waals surface area contributed by atoms with Crippen molar-refractivity contribution >= 4 is 16.0 Å². The van der Waals surface area contributed by atoms with Crippen molar-refractivity contribution in [3.63, 3.8) is 0 Å². The number of aromatic nitrogens is 2. The van der Waals surface area contributed by atoms with Crippen molar-refractivity contribution in [2.24, 2.45) is 0 Å². The molecule has 2 heterocycles. The molecule has 2 aliphatic carbocycles. The Labute approximate surface area is 156 Å². The van der Waals surface area contributed by atoms with E-state index in [1.165, 1.54) is 19.3 Å². The van der Waals surface area contributed by atoms with Crippen molar-refractivity contribution < 1.29 is 8.42 Å². The van der Waals surface area contributed by atoms with Gasteiger partial charge in [-0.15, -0.1) is 0 Å². The molecule has 0 spiro atoms. The molecule has 1 aromatic rings. The van der Waals surface area contributed by atoms with Gasteiger partial charge in [-0.05, 0) is 31.7 Å². The summed E-state index contributed by atoms with van der Waals surface area (Å²) in [5.41, 5.74) is 0. The number of piperazine rings is 1. The Bertz CT molecular complexity index is 723. The van der Waals surface area contributed by atoms with Gasteiger partial charge in [-0.25, -0.2) is 9.97 Å². The van der Waals surface area contributed by atoms with Gasteiger partial charge < -0.3 is 4.90 Å². The van der Waals surface area contributed by atoms with Crippen LogP contribution < -0.4 is 4.90 Å². The standard InChI is InChI=1S/C18H29N5O2S/c1-21(16-5-3-2-4-6-16)26(24,25)23-13-11-22(12-14-23)17-9-10-19-18(20-17)15-7-8-15/h9-10,15-16H,2-8,11-14H2,1H3. The van der Waals surface area contributed by atoms with Gasteiger partial charge in [0.1, 0.15) is 11.6 Å². The third-order valence-corrected chi connectivity index (χ3v) is 7.99. The second-order valence-corrected chi connectivity index (χ2v) is 9.74. The highest BCUT2D eigenvalue weighted by molar-refractivity contribution is 7.86. The zero-order valence-electron chi connectivity index (χ0n) is 15.5. The Balaban J connectivity index is 1.38. The van der Waals surface area contributed by atoms with Crippen LogP contribution in [0, 0.1) is 0 Å². The smallest absolute Gasteiger partial charge is 0.282 e. The summed E-state index contributed by atoms with van der Waals surface area (Å²) < 4.78 is 29.2. The van der Waals surface area contributed by atoms with Crippen LogP contribution in [0.25, 0.3) is 0 Å². The van der Waals surface area contributed by atoms with Gasteiger partial charge in [-0.1, -0.05) is 19.3 Å². The first-order valence-corrected chi connectivity index (χ1v) is 11.3. The SMILES string of the molecule is CN(C1CCCCC1)S(=O)(=O)N1CCN(c2ccnc(C3CC3)n2)CC1. The third kappa shape index (κ3) is 3.73. The van der Waals surface area contributed by atoms with Crippen LogP contribution in [0.4, 0.5) is 5.82 Å². The maximum absolute atomic E-state index is 13.0. The maximum Gasteiger partial charge on any atom is 0.282 e. The third-order valence-electron chi connectivity index (χ3n) is 5.94. The summed E-state index contributed by atoms with van der Waals surface area (Å²) in [5, 5.41) is 0. The molecule has 0 amide bonds. The average molecular weight is 380 g/mol. The van der Waals surface area contributed by atoms with Gasteiger partial charge in [0, 0.05) is 51.4 Å². The quantitative estimate of drug-likeness (QED) is 0.782. The van der Waals surface area contributed by atoms with Crippen LogP contribution in [0.2, 0.25) is 0 Å². The van der Waals surface area contributed by atoms with Crippen LogP contribution in [-0.2, 0) is 10.2 Å². The molecular weight excluding hydrogens is 350 g/mol. The van der Waals surface area contributed by atoms with E-state index in [0.29, 0.717) is 32.1 Å². The van der Waals surface area contributed by atoms with E-state index in [-0.39, 0.29) is 6.04 Å². The Hall–Kier alpha value is -1.25. The van der Waals surface area contributed by atoms with Crippen molar-refractivity contribution in [2.75, 3.05) is 38.1 Å². The van der Waals surface area contributed by atoms with Crippen molar-refractivity contribution in [3.05, 3.63) is 18.1 Å². The summed E-state index contributed by atoms with van der Waals surface area (Å²) in [4.78, 5) is 11.2. The second-order valence-electron chi connectivity index (χ2n) is 7.75. The fraction of sp³-hybridized carbons (Fsp3) is 0.778. The van der Waals surface area contributed by atoms with E-state index in [1.54, 1.807) is 15.7 Å². The van der Waals surface area contributed by atoms with Crippen LogP contribution in [0.15, 0.2) is 12.3 Å². The molecule has 0 atom stereocenters. The highest BCUT2D eigenvalue weighted by Gasteiger charge is 2.35. The van der Waals surface area contributed by atoms with E-state index in [1.807, 2.05) is 12.3 Å². The van der Waals surface area contributed by atoms with Crippen molar-refractivity contribution in [1.29, 1.82) is 0 Å². The molecule has 26 heavy (non-hydrogen) atoms. The number of hydrogen-bond donors (Lipinski definition) is 0. The second kappa shape index (κ2) is 7.40. The van der Waals surface area contributed by atoms with Gasteiger partial charge in [0.15, 0.2) is 0 Å². The van der Waals surface area contributed by atoms with Crippen LogP contribution in [0.1, 0.15) is 56.7 Å². The molecule has 144 valence electrons. The molecule has 3 aliphatic rings. The Morgan fingerprint density at radius 2 is 1.73 bits per heavy atom. The van der Waals surface area contributed by atoms with Gasteiger partial charge in [-0.3, -0.25) is 0 Å². The molecule has 1 aromatic heterocycles. The molecule has 4 rings (SSSR count). The predicted octanol–water partition coefficient (Wildman–Crippen LogP) is 1.99. The molecule has 3 fully saturated rings. The summed E-state index contributed by atoms with van der Waals surface area (Å²) in [6, 6.07) is 2.10. The zero-order chi connectivity index (χ0) is 18.1. The van der Waals surface area contributed by atoms with Gasteiger partial charge in [0.05, 0.1) is 0 Å². The first-order valence-electron chi connectivity index (χ1n) is 9.87. The monoisotopic (exact) mass is 379 g/mol. The van der Waals surface area contributed by atoms with Crippen molar-refractivity contribution in [3.8, 4) is 0 Å². The number of nitrogens with zero attached hydrogens (tertiary/aromatic N) is 5. The fourth-order valence-corrected chi connectivity index (χ4v) is 5.62. The van der Waals surface area contributed by atoms with E-state index in [0.717, 1.165) is 37.3 Å². The van der Waals surface area contributed by atoms with Gasteiger partial charge >= 0.3 is 0 Å². The lowest BCUT2D eigenvalue weighted by Crippen LogP contribution is -2.54. The predicted molar refractivity (Wildman–Crippen MR) is 101 cm³/mol. The largest absolute Gasteiger partial charge is 0.354 e. The van der Waals surface area contributed by atoms with E-state index < -0.39 is 10.2 Å². The first-order chi connectivity index (χ1) is 12.6. The molecule has 7 nitrogen and oxygen atoms in total. The molecule has 1 saturated heterocycles. The Morgan fingerprint density at radius 3 is 2.38 bits per heavy atom. The van der Waals surface area contributed by atoms with Crippen LogP contribution in [0.5, 0.6) is 0 Å². The number of anilines is 1. The fourth-order valence-electron chi connectivity index (χ4n) is 4.04. The Morgan fingerprint density at radius 1 is 1.04 bits per heavy atom. The summed E-state index contributed by atoms with van der Waals surface area (Å²) in [6.07, 6.45) is 9.67. The summed E-state index contributed by atoms with van der Waals surface area (Å²) in [7, 11) is -1.62. The normalized spacial score (nSPS) is 23.5. The van der Waals surface area contributed by atoms with E-state index >= 15 is 0 Å². The molecule has 0 radical (unpaired) electrons. The van der Waals surface area contributed by atoms with Crippen LogP contribution in [-0.4, -0.2) is 66.3 Å². The molecule has 0 bridgehead atoms. The first kappa shape index (κ1) is 18.1. The summed E-state index contributed by atoms with van der Waals surface area (Å²) >= 11 is 0. The molecule has 0 N–H and O–H groups in total. The van der Waals surface area contributed by atoms with Crippen LogP contribution in [0.3, 0.4) is 0 Å². The van der Waals surface area contributed by atoms with E-state index in [4.69, 9.17) is 4.98 Å². The Kier molecular flexibility index (Phi) is 5.16. The minimum atomic E-state index is -3.37. The lowest BCUT2D eigenvalue weighted by Gasteiger charge is -2.39. The van der Waals surface area contributed by atoms with Gasteiger partial charge in [0.25, 0.3) is 10.2 Å². The van der Waals surface area contributed by atoms with E-state index in [9.17, 15) is 8.42 Å².